The number of carboxylic acids is 1. The van der Waals surface area contributed by atoms with Gasteiger partial charge in [-0.25, -0.2) is 4.79 Å². The van der Waals surface area contributed by atoms with Crippen molar-refractivity contribution >= 4 is 17.6 Å². The third-order valence-corrected chi connectivity index (χ3v) is 2.53. The van der Waals surface area contributed by atoms with Crippen molar-refractivity contribution in [1.82, 2.24) is 15.0 Å². The summed E-state index contributed by atoms with van der Waals surface area (Å²) in [4.78, 5) is 22.3. The zero-order valence-electron chi connectivity index (χ0n) is 11.0. The molecule has 1 aromatic heterocycles. The van der Waals surface area contributed by atoms with Crippen LogP contribution in [0.15, 0.2) is 18.2 Å². The molecule has 0 aliphatic heterocycles. The van der Waals surface area contributed by atoms with Gasteiger partial charge in [0.1, 0.15) is 0 Å². The van der Waals surface area contributed by atoms with E-state index in [0.29, 0.717) is 5.75 Å². The Kier molecular flexibility index (Phi) is 4.39. The number of hydrogen-bond acceptors (Lipinski definition) is 7. The van der Waals surface area contributed by atoms with Crippen molar-refractivity contribution in [3.63, 3.8) is 0 Å². The van der Waals surface area contributed by atoms with E-state index in [9.17, 15) is 4.79 Å². The van der Waals surface area contributed by atoms with Crippen molar-refractivity contribution in [2.75, 3.05) is 14.2 Å². The topological polar surface area (TPSA) is 104 Å². The van der Waals surface area contributed by atoms with E-state index in [1.54, 1.807) is 0 Å². The van der Waals surface area contributed by atoms with Gasteiger partial charge < -0.3 is 19.3 Å². The molecule has 0 saturated carbocycles. The van der Waals surface area contributed by atoms with Crippen LogP contribution in [0.4, 0.5) is 0 Å². The smallest absolute Gasteiger partial charge is 0.335 e. The van der Waals surface area contributed by atoms with Crippen LogP contribution in [-0.2, 0) is 0 Å². The van der Waals surface area contributed by atoms with E-state index >= 15 is 0 Å². The van der Waals surface area contributed by atoms with Crippen LogP contribution in [0, 0.1) is 0 Å². The lowest BCUT2D eigenvalue weighted by Gasteiger charge is -2.10. The number of rotatable bonds is 5. The minimum Gasteiger partial charge on any atom is -0.493 e. The van der Waals surface area contributed by atoms with Gasteiger partial charge in [0.05, 0.1) is 19.8 Å². The molecule has 9 heteroatoms. The molecule has 0 radical (unpaired) electrons. The first-order chi connectivity index (χ1) is 10.0. The lowest BCUT2D eigenvalue weighted by Crippen LogP contribution is -2.01. The first-order valence-corrected chi connectivity index (χ1v) is 5.96. The summed E-state index contributed by atoms with van der Waals surface area (Å²) < 4.78 is 15.3. The van der Waals surface area contributed by atoms with Gasteiger partial charge in [-0.2, -0.15) is 9.97 Å². The van der Waals surface area contributed by atoms with Gasteiger partial charge in [0.25, 0.3) is 0 Å². The predicted molar refractivity (Wildman–Crippen MR) is 71.4 cm³/mol. The average Bonchev–Trinajstić information content (AvgIpc) is 2.46. The molecule has 1 N–H and O–H groups in total. The monoisotopic (exact) mass is 311 g/mol. The molecule has 1 aromatic carbocycles. The van der Waals surface area contributed by atoms with E-state index in [4.69, 9.17) is 30.9 Å². The first-order valence-electron chi connectivity index (χ1n) is 5.58. The van der Waals surface area contributed by atoms with E-state index in [1.165, 1.54) is 32.4 Å². The van der Waals surface area contributed by atoms with E-state index in [-0.39, 0.29) is 28.6 Å². The molecule has 0 amide bonds. The number of carboxylic acid groups (broad SMARTS) is 1. The van der Waals surface area contributed by atoms with Gasteiger partial charge in [-0.3, -0.25) is 0 Å². The number of benzene rings is 1. The molecule has 2 aromatic rings. The maximum absolute atomic E-state index is 11.0. The highest BCUT2D eigenvalue weighted by Crippen LogP contribution is 2.31. The molecule has 0 aliphatic carbocycles. The first kappa shape index (κ1) is 14.8. The Bertz CT molecular complexity index is 680. The van der Waals surface area contributed by atoms with E-state index < -0.39 is 5.97 Å². The molecular weight excluding hydrogens is 302 g/mol. The van der Waals surface area contributed by atoms with Crippen LogP contribution in [0.2, 0.25) is 5.28 Å². The highest BCUT2D eigenvalue weighted by atomic mass is 35.5. The molecule has 2 rings (SSSR count). The number of methoxy groups -OCH3 is 2. The summed E-state index contributed by atoms with van der Waals surface area (Å²) in [6, 6.07) is 3.95. The maximum atomic E-state index is 11.0. The molecule has 0 aliphatic rings. The second-order valence-electron chi connectivity index (χ2n) is 3.65. The number of aromatic carboxylic acids is 1. The van der Waals surface area contributed by atoms with Crippen molar-refractivity contribution in [2.45, 2.75) is 0 Å². The van der Waals surface area contributed by atoms with Crippen LogP contribution >= 0.6 is 11.6 Å². The van der Waals surface area contributed by atoms with Crippen LogP contribution in [0.3, 0.4) is 0 Å². The van der Waals surface area contributed by atoms with Gasteiger partial charge in [-0.15, -0.1) is 4.98 Å². The Morgan fingerprint density at radius 2 is 1.81 bits per heavy atom. The largest absolute Gasteiger partial charge is 0.493 e. The minimum atomic E-state index is -1.10. The third kappa shape index (κ3) is 3.48. The SMILES string of the molecule is COc1nc(Cl)nc(Oc2cc(C(=O)O)ccc2OC)n1. The fourth-order valence-corrected chi connectivity index (χ4v) is 1.58. The summed E-state index contributed by atoms with van der Waals surface area (Å²) in [7, 11) is 2.78. The molecule has 0 saturated heterocycles. The standard InChI is InChI=1S/C12H10ClN3O5/c1-19-7-4-3-6(9(17)18)5-8(7)21-12-15-10(13)14-11(16-12)20-2/h3-5H,1-2H3,(H,17,18). The Morgan fingerprint density at radius 3 is 2.43 bits per heavy atom. The summed E-state index contributed by atoms with van der Waals surface area (Å²) in [6.07, 6.45) is 0. The summed E-state index contributed by atoms with van der Waals surface area (Å²) >= 11 is 5.70. The molecule has 0 spiro atoms. The number of nitrogens with zero attached hydrogens (tertiary/aromatic N) is 3. The van der Waals surface area contributed by atoms with Crippen LogP contribution in [0.1, 0.15) is 10.4 Å². The summed E-state index contributed by atoms with van der Waals surface area (Å²) in [5.74, 6) is -0.661. The maximum Gasteiger partial charge on any atom is 0.335 e. The van der Waals surface area contributed by atoms with Crippen molar-refractivity contribution in [3.05, 3.63) is 29.0 Å². The number of hydrogen-bond donors (Lipinski definition) is 1. The predicted octanol–water partition coefficient (Wildman–Crippen LogP) is 2.03. The van der Waals surface area contributed by atoms with Crippen molar-refractivity contribution in [1.29, 1.82) is 0 Å². The average molecular weight is 312 g/mol. The zero-order valence-corrected chi connectivity index (χ0v) is 11.8. The summed E-state index contributed by atoms with van der Waals surface area (Å²) in [6.45, 7) is 0. The Labute approximate surface area is 124 Å². The Morgan fingerprint density at radius 1 is 1.10 bits per heavy atom. The normalized spacial score (nSPS) is 10.0. The zero-order chi connectivity index (χ0) is 15.4. The van der Waals surface area contributed by atoms with Crippen LogP contribution in [0.25, 0.3) is 0 Å². The number of ether oxygens (including phenoxy) is 3. The Balaban J connectivity index is 2.40. The van der Waals surface area contributed by atoms with Crippen LogP contribution in [0.5, 0.6) is 23.5 Å². The number of halogens is 1. The third-order valence-electron chi connectivity index (χ3n) is 2.36. The highest BCUT2D eigenvalue weighted by molar-refractivity contribution is 6.28. The van der Waals surface area contributed by atoms with E-state index in [2.05, 4.69) is 15.0 Å². The van der Waals surface area contributed by atoms with Crippen molar-refractivity contribution in [3.8, 4) is 23.5 Å². The number of carbonyl (C=O) groups is 1. The molecule has 21 heavy (non-hydrogen) atoms. The summed E-state index contributed by atoms with van der Waals surface area (Å²) in [5.41, 5.74) is 0.0259. The van der Waals surface area contributed by atoms with Gasteiger partial charge in [0.15, 0.2) is 11.5 Å². The van der Waals surface area contributed by atoms with Crippen LogP contribution in [-0.4, -0.2) is 40.2 Å². The van der Waals surface area contributed by atoms with Gasteiger partial charge in [0.2, 0.25) is 5.28 Å². The second-order valence-corrected chi connectivity index (χ2v) is 3.98. The molecule has 0 atom stereocenters. The van der Waals surface area contributed by atoms with Gasteiger partial charge >= 0.3 is 18.0 Å². The summed E-state index contributed by atoms with van der Waals surface area (Å²) in [5, 5.41) is 8.87. The second kappa shape index (κ2) is 6.23. The molecule has 0 unspecified atom stereocenters. The molecule has 1 heterocycles. The lowest BCUT2D eigenvalue weighted by molar-refractivity contribution is 0.0696. The highest BCUT2D eigenvalue weighted by Gasteiger charge is 2.14. The van der Waals surface area contributed by atoms with E-state index in [0.717, 1.165) is 0 Å². The fraction of sp³-hybridized carbons (Fsp3) is 0.167. The lowest BCUT2D eigenvalue weighted by atomic mass is 10.2. The molecule has 110 valence electrons. The molecule has 0 bridgehead atoms. The molecule has 8 nitrogen and oxygen atoms in total. The van der Waals surface area contributed by atoms with Crippen LogP contribution < -0.4 is 14.2 Å². The Hall–Kier alpha value is -2.61. The van der Waals surface area contributed by atoms with E-state index in [1.807, 2.05) is 0 Å². The minimum absolute atomic E-state index is 0.0259. The van der Waals surface area contributed by atoms with Gasteiger partial charge in [0, 0.05) is 0 Å². The van der Waals surface area contributed by atoms with Crippen molar-refractivity contribution < 1.29 is 24.1 Å². The molecule has 0 fully saturated rings. The quantitative estimate of drug-likeness (QED) is 0.894. The molecular formula is C12H10ClN3O5. The van der Waals surface area contributed by atoms with Crippen molar-refractivity contribution in [2.24, 2.45) is 0 Å². The number of aromatic nitrogens is 3. The fourth-order valence-electron chi connectivity index (χ4n) is 1.44. The van der Waals surface area contributed by atoms with Gasteiger partial charge in [-0.1, -0.05) is 0 Å². The van der Waals surface area contributed by atoms with Gasteiger partial charge in [-0.05, 0) is 29.8 Å².